The predicted octanol–water partition coefficient (Wildman–Crippen LogP) is 2.40. The van der Waals surface area contributed by atoms with Crippen LogP contribution in [-0.4, -0.2) is 41.4 Å². The number of carbonyl (C=O) groups excluding carboxylic acids is 2. The number of carbonyl (C=O) groups is 2. The van der Waals surface area contributed by atoms with Crippen LogP contribution in [0.25, 0.3) is 0 Å². The van der Waals surface area contributed by atoms with E-state index in [9.17, 15) is 18.4 Å². The van der Waals surface area contributed by atoms with Gasteiger partial charge in [-0.2, -0.15) is 0 Å². The average molecular weight is 361 g/mol. The lowest BCUT2D eigenvalue weighted by atomic mass is 9.98. The molecule has 1 aliphatic rings. The van der Waals surface area contributed by atoms with Crippen LogP contribution in [0.4, 0.5) is 14.7 Å². The molecular formula is C18H17F2N3O3. The van der Waals surface area contributed by atoms with E-state index in [2.05, 4.69) is 9.97 Å². The fraction of sp³-hybridized carbons (Fsp3) is 0.333. The molecule has 26 heavy (non-hydrogen) atoms. The highest BCUT2D eigenvalue weighted by Crippen LogP contribution is 2.21. The third-order valence-corrected chi connectivity index (χ3v) is 4.16. The second-order valence-electron chi connectivity index (χ2n) is 5.99. The van der Waals surface area contributed by atoms with E-state index in [-0.39, 0.29) is 0 Å². The summed E-state index contributed by atoms with van der Waals surface area (Å²) < 4.78 is 31.8. The molecule has 8 heteroatoms. The highest BCUT2D eigenvalue weighted by molar-refractivity contribution is 5.98. The van der Waals surface area contributed by atoms with Crippen LogP contribution in [-0.2, 0) is 9.53 Å². The lowest BCUT2D eigenvalue weighted by molar-refractivity contribution is -0.147. The van der Waals surface area contributed by atoms with E-state index in [1.165, 1.54) is 0 Å². The number of benzene rings is 1. The molecule has 0 spiro atoms. The minimum Gasteiger partial charge on any atom is -0.457 e. The molecule has 1 unspecified atom stereocenters. The lowest BCUT2D eigenvalue weighted by Crippen LogP contribution is -2.40. The number of aromatic nitrogens is 2. The van der Waals surface area contributed by atoms with Crippen LogP contribution >= 0.6 is 0 Å². The van der Waals surface area contributed by atoms with Gasteiger partial charge < -0.3 is 9.64 Å². The van der Waals surface area contributed by atoms with Gasteiger partial charge in [0.15, 0.2) is 6.61 Å². The number of hydrogen-bond acceptors (Lipinski definition) is 6. The minimum absolute atomic E-state index is 0.380. The van der Waals surface area contributed by atoms with E-state index in [1.54, 1.807) is 18.5 Å². The number of Topliss-reactive ketones (excluding diaryl/α,β-unsaturated/α-hetero) is 1. The van der Waals surface area contributed by atoms with E-state index in [4.69, 9.17) is 4.74 Å². The summed E-state index contributed by atoms with van der Waals surface area (Å²) in [5.74, 6) is -2.81. The maximum absolute atomic E-state index is 13.6. The largest absolute Gasteiger partial charge is 0.457 e. The van der Waals surface area contributed by atoms with Gasteiger partial charge in [-0.1, -0.05) is 0 Å². The summed E-state index contributed by atoms with van der Waals surface area (Å²) in [6.45, 7) is 0.476. The van der Waals surface area contributed by atoms with Crippen molar-refractivity contribution in [3.05, 3.63) is 53.9 Å². The minimum atomic E-state index is -0.850. The molecule has 0 aliphatic carbocycles. The Balaban J connectivity index is 1.57. The zero-order valence-electron chi connectivity index (χ0n) is 13.9. The number of esters is 1. The fourth-order valence-corrected chi connectivity index (χ4v) is 2.85. The first-order valence-electron chi connectivity index (χ1n) is 8.21. The van der Waals surface area contributed by atoms with Crippen LogP contribution < -0.4 is 4.90 Å². The van der Waals surface area contributed by atoms with Gasteiger partial charge in [0.1, 0.15) is 11.6 Å². The van der Waals surface area contributed by atoms with Crippen molar-refractivity contribution >= 4 is 17.7 Å². The summed E-state index contributed by atoms with van der Waals surface area (Å²) in [4.78, 5) is 34.4. The predicted molar refractivity (Wildman–Crippen MR) is 88.6 cm³/mol. The van der Waals surface area contributed by atoms with Gasteiger partial charge in [-0.15, -0.1) is 0 Å². The number of nitrogens with zero attached hydrogens (tertiary/aromatic N) is 3. The second-order valence-corrected chi connectivity index (χ2v) is 5.99. The molecule has 0 radical (unpaired) electrons. The number of piperidine rings is 1. The van der Waals surface area contributed by atoms with Gasteiger partial charge in [-0.05, 0) is 37.1 Å². The molecule has 1 atom stereocenters. The van der Waals surface area contributed by atoms with Crippen molar-refractivity contribution in [1.29, 1.82) is 0 Å². The van der Waals surface area contributed by atoms with Crippen LogP contribution in [0.15, 0.2) is 36.7 Å². The van der Waals surface area contributed by atoms with Gasteiger partial charge in [0, 0.05) is 25.5 Å². The van der Waals surface area contributed by atoms with Gasteiger partial charge >= 0.3 is 5.97 Å². The zero-order chi connectivity index (χ0) is 18.5. The highest BCUT2D eigenvalue weighted by atomic mass is 19.1. The molecular weight excluding hydrogens is 344 g/mol. The Bertz CT molecular complexity index is 802. The Morgan fingerprint density at radius 2 is 2.00 bits per heavy atom. The van der Waals surface area contributed by atoms with E-state index < -0.39 is 41.5 Å². The number of halogens is 2. The van der Waals surface area contributed by atoms with Crippen molar-refractivity contribution in [3.63, 3.8) is 0 Å². The topological polar surface area (TPSA) is 72.4 Å². The Labute approximate surface area is 148 Å². The number of ether oxygens (including phenoxy) is 1. The van der Waals surface area contributed by atoms with E-state index in [0.29, 0.717) is 18.9 Å². The molecule has 0 N–H and O–H groups in total. The Morgan fingerprint density at radius 3 is 2.77 bits per heavy atom. The third-order valence-electron chi connectivity index (χ3n) is 4.16. The molecule has 1 saturated heterocycles. The van der Waals surface area contributed by atoms with E-state index >= 15 is 0 Å². The first kappa shape index (κ1) is 17.9. The van der Waals surface area contributed by atoms with Crippen molar-refractivity contribution in [3.8, 4) is 0 Å². The molecule has 2 aromatic rings. The van der Waals surface area contributed by atoms with Gasteiger partial charge in [0.25, 0.3) is 0 Å². The first-order chi connectivity index (χ1) is 12.5. The van der Waals surface area contributed by atoms with Crippen molar-refractivity contribution in [2.75, 3.05) is 24.6 Å². The van der Waals surface area contributed by atoms with Crippen LogP contribution in [0.3, 0.4) is 0 Å². The summed E-state index contributed by atoms with van der Waals surface area (Å²) in [5.41, 5.74) is -0.430. The van der Waals surface area contributed by atoms with Crippen molar-refractivity contribution in [2.24, 2.45) is 5.92 Å². The number of ketones is 1. The average Bonchev–Trinajstić information content (AvgIpc) is 2.68. The normalized spacial score (nSPS) is 17.0. The molecule has 3 rings (SSSR count). The van der Waals surface area contributed by atoms with Gasteiger partial charge in [-0.25, -0.2) is 18.7 Å². The summed E-state index contributed by atoms with van der Waals surface area (Å²) in [6.07, 6.45) is 4.61. The van der Waals surface area contributed by atoms with Crippen LogP contribution in [0.5, 0.6) is 0 Å². The monoisotopic (exact) mass is 361 g/mol. The second kappa shape index (κ2) is 7.99. The van der Waals surface area contributed by atoms with Crippen molar-refractivity contribution in [2.45, 2.75) is 12.8 Å². The number of anilines is 1. The zero-order valence-corrected chi connectivity index (χ0v) is 13.9. The molecule has 0 bridgehead atoms. The maximum Gasteiger partial charge on any atom is 0.311 e. The lowest BCUT2D eigenvalue weighted by Gasteiger charge is -2.31. The van der Waals surface area contributed by atoms with Crippen LogP contribution in [0.1, 0.15) is 23.2 Å². The van der Waals surface area contributed by atoms with Crippen molar-refractivity contribution < 1.29 is 23.1 Å². The molecule has 1 aliphatic heterocycles. The fourth-order valence-electron chi connectivity index (χ4n) is 2.85. The molecule has 1 fully saturated rings. The molecule has 1 aromatic heterocycles. The molecule has 6 nitrogen and oxygen atoms in total. The molecule has 1 aromatic carbocycles. The number of rotatable bonds is 5. The SMILES string of the molecule is O=C(COC(=O)C1CCCN(c2ncccn2)C1)c1cc(F)ccc1F. The summed E-state index contributed by atoms with van der Waals surface area (Å²) >= 11 is 0. The molecule has 2 heterocycles. The maximum atomic E-state index is 13.6. The number of hydrogen-bond donors (Lipinski definition) is 0. The highest BCUT2D eigenvalue weighted by Gasteiger charge is 2.29. The summed E-state index contributed by atoms with van der Waals surface area (Å²) in [7, 11) is 0. The smallest absolute Gasteiger partial charge is 0.311 e. The Kier molecular flexibility index (Phi) is 5.50. The quantitative estimate of drug-likeness (QED) is 0.602. The van der Waals surface area contributed by atoms with Gasteiger partial charge in [0.2, 0.25) is 11.7 Å². The van der Waals surface area contributed by atoms with Gasteiger partial charge in [0.05, 0.1) is 11.5 Å². The third kappa shape index (κ3) is 4.19. The summed E-state index contributed by atoms with van der Waals surface area (Å²) in [6, 6.07) is 4.28. The summed E-state index contributed by atoms with van der Waals surface area (Å²) in [5, 5.41) is 0. The molecule has 136 valence electrons. The van der Waals surface area contributed by atoms with Crippen LogP contribution in [0.2, 0.25) is 0 Å². The van der Waals surface area contributed by atoms with E-state index in [0.717, 1.165) is 31.2 Å². The van der Waals surface area contributed by atoms with Crippen LogP contribution in [0, 0.1) is 17.6 Å². The molecule has 0 amide bonds. The standard InChI is InChI=1S/C18H17F2N3O3/c19-13-4-5-15(20)14(9-13)16(24)11-26-17(25)12-3-1-8-23(10-12)18-21-6-2-7-22-18/h2,4-7,9,12H,1,3,8,10-11H2. The van der Waals surface area contributed by atoms with Gasteiger partial charge in [-0.3, -0.25) is 9.59 Å². The van der Waals surface area contributed by atoms with E-state index in [1.807, 2.05) is 4.90 Å². The Hall–Kier alpha value is -2.90. The van der Waals surface area contributed by atoms with Crippen molar-refractivity contribution in [1.82, 2.24) is 9.97 Å². The molecule has 0 saturated carbocycles. The first-order valence-corrected chi connectivity index (χ1v) is 8.21. The Morgan fingerprint density at radius 1 is 1.23 bits per heavy atom.